The van der Waals surface area contributed by atoms with Gasteiger partial charge in [0.05, 0.1) is 17.7 Å². The SMILES string of the molecule is CC1(O)CCN(CC2CC2)C(c2cccs2)C1NC(=O)c1ccc(F)cc1. The van der Waals surface area contributed by atoms with Crippen LogP contribution in [0.1, 0.15) is 47.5 Å². The van der Waals surface area contributed by atoms with Gasteiger partial charge in [-0.1, -0.05) is 6.07 Å². The fourth-order valence-corrected chi connectivity index (χ4v) is 4.81. The number of hydrogen-bond acceptors (Lipinski definition) is 4. The lowest BCUT2D eigenvalue weighted by Gasteiger charge is -2.48. The molecule has 1 saturated carbocycles. The summed E-state index contributed by atoms with van der Waals surface area (Å²) in [4.78, 5) is 16.4. The van der Waals surface area contributed by atoms with Crippen molar-refractivity contribution >= 4 is 17.2 Å². The number of nitrogens with zero attached hydrogens (tertiary/aromatic N) is 1. The third-order valence-electron chi connectivity index (χ3n) is 5.70. The number of aliphatic hydroxyl groups is 1. The lowest BCUT2D eigenvalue weighted by Crippen LogP contribution is -2.62. The predicted octanol–water partition coefficient (Wildman–Crippen LogP) is 3.59. The van der Waals surface area contributed by atoms with Gasteiger partial charge in [0.15, 0.2) is 0 Å². The fourth-order valence-electron chi connectivity index (χ4n) is 3.92. The molecule has 0 radical (unpaired) electrons. The number of halogens is 1. The molecule has 1 aromatic carbocycles. The van der Waals surface area contributed by atoms with Crippen LogP contribution in [0.15, 0.2) is 41.8 Å². The van der Waals surface area contributed by atoms with Gasteiger partial charge >= 0.3 is 0 Å². The standard InChI is InChI=1S/C21H25FN2O2S/c1-21(26)10-11-24(13-14-4-5-14)18(17-3-2-12-27-17)19(21)23-20(25)15-6-8-16(22)9-7-15/h2-3,6-9,12,14,18-19,26H,4-5,10-11,13H2,1H3,(H,23,25). The summed E-state index contributed by atoms with van der Waals surface area (Å²) in [5.74, 6) is 0.0716. The summed E-state index contributed by atoms with van der Waals surface area (Å²) in [5.41, 5.74) is -0.610. The maximum Gasteiger partial charge on any atom is 0.251 e. The zero-order chi connectivity index (χ0) is 19.0. The zero-order valence-electron chi connectivity index (χ0n) is 15.4. The van der Waals surface area contributed by atoms with Gasteiger partial charge in [0.25, 0.3) is 5.91 Å². The molecule has 1 aromatic heterocycles. The molecule has 1 amide bonds. The molecule has 0 spiro atoms. The van der Waals surface area contributed by atoms with Crippen molar-refractivity contribution < 1.29 is 14.3 Å². The molecule has 2 aliphatic rings. The third kappa shape index (κ3) is 4.08. The largest absolute Gasteiger partial charge is 0.388 e. The van der Waals surface area contributed by atoms with Crippen molar-refractivity contribution in [1.82, 2.24) is 10.2 Å². The van der Waals surface area contributed by atoms with Crippen LogP contribution in [0.2, 0.25) is 0 Å². The molecule has 144 valence electrons. The molecule has 2 N–H and O–H groups in total. The summed E-state index contributed by atoms with van der Waals surface area (Å²) in [7, 11) is 0. The average Bonchev–Trinajstić information content (AvgIpc) is 3.29. The second-order valence-corrected chi connectivity index (χ2v) is 8.94. The molecular formula is C21H25FN2O2S. The van der Waals surface area contributed by atoms with E-state index in [1.807, 2.05) is 11.4 Å². The first kappa shape index (κ1) is 18.6. The lowest BCUT2D eigenvalue weighted by atomic mass is 9.81. The Morgan fingerprint density at radius 3 is 2.70 bits per heavy atom. The van der Waals surface area contributed by atoms with Crippen molar-refractivity contribution in [3.05, 3.63) is 58.0 Å². The van der Waals surface area contributed by atoms with Crippen LogP contribution in [0.25, 0.3) is 0 Å². The van der Waals surface area contributed by atoms with Gasteiger partial charge in [-0.15, -0.1) is 11.3 Å². The van der Waals surface area contributed by atoms with Crippen molar-refractivity contribution in [3.63, 3.8) is 0 Å². The molecule has 4 rings (SSSR count). The Bertz CT molecular complexity index is 787. The molecule has 3 unspecified atom stereocenters. The van der Waals surface area contributed by atoms with Crippen LogP contribution >= 0.6 is 11.3 Å². The van der Waals surface area contributed by atoms with E-state index < -0.39 is 11.6 Å². The average molecular weight is 389 g/mol. The minimum Gasteiger partial charge on any atom is -0.388 e. The van der Waals surface area contributed by atoms with E-state index in [9.17, 15) is 14.3 Å². The molecule has 27 heavy (non-hydrogen) atoms. The van der Waals surface area contributed by atoms with Gasteiger partial charge in [-0.25, -0.2) is 4.39 Å². The second kappa shape index (κ2) is 7.34. The number of nitrogens with one attached hydrogen (secondary N) is 1. The van der Waals surface area contributed by atoms with Crippen LogP contribution in [-0.2, 0) is 0 Å². The van der Waals surface area contributed by atoms with E-state index in [4.69, 9.17) is 0 Å². The summed E-state index contributed by atoms with van der Waals surface area (Å²) in [5, 5.41) is 16.2. The smallest absolute Gasteiger partial charge is 0.251 e. The quantitative estimate of drug-likeness (QED) is 0.823. The van der Waals surface area contributed by atoms with Gasteiger partial charge < -0.3 is 10.4 Å². The first-order chi connectivity index (χ1) is 12.9. The zero-order valence-corrected chi connectivity index (χ0v) is 16.2. The van der Waals surface area contributed by atoms with Gasteiger partial charge in [-0.05, 0) is 67.8 Å². The number of benzene rings is 1. The van der Waals surface area contributed by atoms with Crippen molar-refractivity contribution in [2.75, 3.05) is 13.1 Å². The molecule has 4 nitrogen and oxygen atoms in total. The van der Waals surface area contributed by atoms with E-state index in [-0.39, 0.29) is 17.8 Å². The number of carbonyl (C=O) groups is 1. The van der Waals surface area contributed by atoms with Crippen molar-refractivity contribution in [3.8, 4) is 0 Å². The van der Waals surface area contributed by atoms with E-state index in [0.717, 1.165) is 23.9 Å². The molecule has 1 aliphatic heterocycles. The molecule has 0 bridgehead atoms. The van der Waals surface area contributed by atoms with Crippen LogP contribution in [0, 0.1) is 11.7 Å². The Labute approximate surface area is 163 Å². The number of amides is 1. The highest BCUT2D eigenvalue weighted by molar-refractivity contribution is 7.10. The van der Waals surface area contributed by atoms with E-state index >= 15 is 0 Å². The Balaban J connectivity index is 1.62. The van der Waals surface area contributed by atoms with Crippen LogP contribution in [0.3, 0.4) is 0 Å². The number of carbonyl (C=O) groups excluding carboxylic acids is 1. The van der Waals surface area contributed by atoms with Gasteiger partial charge in [-0.2, -0.15) is 0 Å². The van der Waals surface area contributed by atoms with Gasteiger partial charge in [0.2, 0.25) is 0 Å². The normalized spacial score (nSPS) is 28.9. The highest BCUT2D eigenvalue weighted by Gasteiger charge is 2.47. The van der Waals surface area contributed by atoms with Gasteiger partial charge in [-0.3, -0.25) is 9.69 Å². The number of piperidine rings is 1. The fraction of sp³-hybridized carbons (Fsp3) is 0.476. The first-order valence-electron chi connectivity index (χ1n) is 9.50. The third-order valence-corrected chi connectivity index (χ3v) is 6.64. The maximum atomic E-state index is 13.2. The Morgan fingerprint density at radius 1 is 1.33 bits per heavy atom. The van der Waals surface area contributed by atoms with Crippen LogP contribution in [0.5, 0.6) is 0 Å². The monoisotopic (exact) mass is 388 g/mol. The number of hydrogen-bond donors (Lipinski definition) is 2. The summed E-state index contributed by atoms with van der Waals surface area (Å²) in [6.07, 6.45) is 3.13. The molecule has 3 atom stereocenters. The topological polar surface area (TPSA) is 52.6 Å². The molecule has 6 heteroatoms. The molecule has 2 fully saturated rings. The highest BCUT2D eigenvalue weighted by atomic mass is 32.1. The predicted molar refractivity (Wildman–Crippen MR) is 104 cm³/mol. The number of thiophene rings is 1. The van der Waals surface area contributed by atoms with E-state index in [0.29, 0.717) is 12.0 Å². The van der Waals surface area contributed by atoms with Crippen LogP contribution < -0.4 is 5.32 Å². The summed E-state index contributed by atoms with van der Waals surface area (Å²) < 4.78 is 13.2. The maximum absolute atomic E-state index is 13.2. The summed E-state index contributed by atoms with van der Waals surface area (Å²) >= 11 is 1.66. The molecule has 1 saturated heterocycles. The Kier molecular flexibility index (Phi) is 5.05. The number of likely N-dealkylation sites (tertiary alicyclic amines) is 1. The Hall–Kier alpha value is -1.76. The van der Waals surface area contributed by atoms with Crippen molar-refractivity contribution in [1.29, 1.82) is 0 Å². The van der Waals surface area contributed by atoms with Crippen LogP contribution in [-0.4, -0.2) is 40.6 Å². The highest BCUT2D eigenvalue weighted by Crippen LogP contribution is 2.41. The molecule has 2 heterocycles. The Morgan fingerprint density at radius 2 is 2.07 bits per heavy atom. The minimum absolute atomic E-state index is 0.0567. The summed E-state index contributed by atoms with van der Waals surface area (Å²) in [6.45, 7) is 3.62. The minimum atomic E-state index is -1.01. The molecule has 2 aromatic rings. The van der Waals surface area contributed by atoms with Gasteiger partial charge in [0.1, 0.15) is 5.82 Å². The summed E-state index contributed by atoms with van der Waals surface area (Å²) in [6, 6.07) is 9.12. The second-order valence-electron chi connectivity index (χ2n) is 7.96. The van der Waals surface area contributed by atoms with E-state index in [1.54, 1.807) is 18.3 Å². The van der Waals surface area contributed by atoms with Crippen molar-refractivity contribution in [2.24, 2.45) is 5.92 Å². The number of rotatable bonds is 5. The lowest BCUT2D eigenvalue weighted by molar-refractivity contribution is -0.0641. The van der Waals surface area contributed by atoms with Gasteiger partial charge in [0, 0.05) is 23.5 Å². The first-order valence-corrected chi connectivity index (χ1v) is 10.4. The molecular weight excluding hydrogens is 363 g/mol. The van der Waals surface area contributed by atoms with Crippen molar-refractivity contribution in [2.45, 2.75) is 43.9 Å². The molecule has 1 aliphatic carbocycles. The van der Waals surface area contributed by atoms with Crippen LogP contribution in [0.4, 0.5) is 4.39 Å². The van der Waals surface area contributed by atoms with E-state index in [1.165, 1.54) is 37.1 Å². The van der Waals surface area contributed by atoms with E-state index in [2.05, 4.69) is 16.3 Å².